The van der Waals surface area contributed by atoms with Gasteiger partial charge in [0, 0.05) is 33.7 Å². The highest BCUT2D eigenvalue weighted by Crippen LogP contribution is 2.17. The lowest BCUT2D eigenvalue weighted by molar-refractivity contribution is -0.136. The fourth-order valence-electron chi connectivity index (χ4n) is 2.70. The molecule has 6 nitrogen and oxygen atoms in total. The van der Waals surface area contributed by atoms with Crippen LogP contribution >= 0.6 is 0 Å². The minimum Gasteiger partial charge on any atom is -0.481 e. The van der Waals surface area contributed by atoms with Gasteiger partial charge in [-0.25, -0.2) is 4.98 Å². The Morgan fingerprint density at radius 3 is 2.55 bits per heavy atom. The summed E-state index contributed by atoms with van der Waals surface area (Å²) in [4.78, 5) is 21.8. The van der Waals surface area contributed by atoms with Crippen LogP contribution in [-0.4, -0.2) is 67.8 Å². The highest BCUT2D eigenvalue weighted by Gasteiger charge is 2.15. The van der Waals surface area contributed by atoms with Gasteiger partial charge in [-0.05, 0) is 38.1 Å². The van der Waals surface area contributed by atoms with Gasteiger partial charge in [0.25, 0.3) is 0 Å². The molecule has 1 N–H and O–H groups in total. The number of carboxylic acids is 1. The van der Waals surface area contributed by atoms with Crippen molar-refractivity contribution in [2.24, 2.45) is 0 Å². The molecule has 0 amide bonds. The number of hydrogen-bond acceptors (Lipinski definition) is 5. The van der Waals surface area contributed by atoms with E-state index in [1.54, 1.807) is 0 Å². The largest absolute Gasteiger partial charge is 0.481 e. The maximum atomic E-state index is 10.9. The molecule has 0 saturated carbocycles. The Bertz CT molecular complexity index is 470. The standard InChI is InChI=1S/C16H26N4O2/c1-18(2)15-6-5-14(13-17-15)20(10-7-16(21)22)12-11-19-8-3-4-9-19/h5-6,13H,3-4,7-12H2,1-2H3,(H,21,22). The second-order valence-electron chi connectivity index (χ2n) is 5.95. The molecule has 0 bridgehead atoms. The number of nitrogens with zero attached hydrogens (tertiary/aromatic N) is 4. The van der Waals surface area contributed by atoms with Crippen molar-refractivity contribution in [1.29, 1.82) is 0 Å². The maximum absolute atomic E-state index is 10.9. The van der Waals surface area contributed by atoms with Gasteiger partial charge >= 0.3 is 5.97 Å². The lowest BCUT2D eigenvalue weighted by Crippen LogP contribution is -2.35. The van der Waals surface area contributed by atoms with Crippen LogP contribution in [0, 0.1) is 0 Å². The van der Waals surface area contributed by atoms with E-state index in [0.29, 0.717) is 6.54 Å². The minimum absolute atomic E-state index is 0.148. The minimum atomic E-state index is -0.760. The van der Waals surface area contributed by atoms with Crippen LogP contribution in [-0.2, 0) is 4.79 Å². The number of pyridine rings is 1. The van der Waals surface area contributed by atoms with Gasteiger partial charge in [0.1, 0.15) is 5.82 Å². The predicted molar refractivity (Wildman–Crippen MR) is 88.7 cm³/mol. The molecule has 1 aromatic rings. The number of hydrogen-bond donors (Lipinski definition) is 1. The second kappa shape index (κ2) is 7.98. The molecule has 1 fully saturated rings. The van der Waals surface area contributed by atoms with E-state index >= 15 is 0 Å². The van der Waals surface area contributed by atoms with E-state index in [1.807, 2.05) is 37.3 Å². The average molecular weight is 306 g/mol. The van der Waals surface area contributed by atoms with Gasteiger partial charge in [-0.3, -0.25) is 4.79 Å². The zero-order chi connectivity index (χ0) is 15.9. The van der Waals surface area contributed by atoms with Crippen molar-refractivity contribution in [2.75, 3.05) is 56.6 Å². The SMILES string of the molecule is CN(C)c1ccc(N(CCC(=O)O)CCN2CCCC2)cn1. The molecule has 2 rings (SSSR count). The molecule has 0 unspecified atom stereocenters. The molecule has 0 spiro atoms. The smallest absolute Gasteiger partial charge is 0.305 e. The van der Waals surface area contributed by atoms with E-state index in [9.17, 15) is 4.79 Å². The third kappa shape index (κ3) is 4.87. The molecule has 6 heteroatoms. The van der Waals surface area contributed by atoms with Crippen LogP contribution in [0.3, 0.4) is 0 Å². The summed E-state index contributed by atoms with van der Waals surface area (Å²) in [6, 6.07) is 3.99. The summed E-state index contributed by atoms with van der Waals surface area (Å²) in [5.41, 5.74) is 0.992. The van der Waals surface area contributed by atoms with Gasteiger partial charge in [0.15, 0.2) is 0 Å². The second-order valence-corrected chi connectivity index (χ2v) is 5.95. The highest BCUT2D eigenvalue weighted by atomic mass is 16.4. The summed E-state index contributed by atoms with van der Waals surface area (Å²) in [6.45, 7) is 4.66. The topological polar surface area (TPSA) is 59.9 Å². The van der Waals surface area contributed by atoms with E-state index in [0.717, 1.165) is 37.7 Å². The van der Waals surface area contributed by atoms with E-state index in [2.05, 4.69) is 14.8 Å². The molecule has 0 aromatic carbocycles. The zero-order valence-corrected chi connectivity index (χ0v) is 13.5. The summed E-state index contributed by atoms with van der Waals surface area (Å²) in [5, 5.41) is 8.95. The summed E-state index contributed by atoms with van der Waals surface area (Å²) in [7, 11) is 3.91. The molecule has 1 saturated heterocycles. The van der Waals surface area contributed by atoms with E-state index < -0.39 is 5.97 Å². The van der Waals surface area contributed by atoms with Crippen LogP contribution in [0.15, 0.2) is 18.3 Å². The van der Waals surface area contributed by atoms with Crippen molar-refractivity contribution >= 4 is 17.5 Å². The molecule has 0 radical (unpaired) electrons. The summed E-state index contributed by atoms with van der Waals surface area (Å²) in [6.07, 6.45) is 4.53. The molecule has 1 aliphatic heterocycles. The third-order valence-corrected chi connectivity index (χ3v) is 4.04. The average Bonchev–Trinajstić information content (AvgIpc) is 3.00. The van der Waals surface area contributed by atoms with Crippen LogP contribution in [0.1, 0.15) is 19.3 Å². The lowest BCUT2D eigenvalue weighted by Gasteiger charge is -2.27. The highest BCUT2D eigenvalue weighted by molar-refractivity contribution is 5.67. The summed E-state index contributed by atoms with van der Waals surface area (Å²) >= 11 is 0. The molecule has 1 aliphatic rings. The van der Waals surface area contributed by atoms with Crippen molar-refractivity contribution in [2.45, 2.75) is 19.3 Å². The Labute approximate surface area is 132 Å². The van der Waals surface area contributed by atoms with Gasteiger partial charge in [0.2, 0.25) is 0 Å². The van der Waals surface area contributed by atoms with Gasteiger partial charge in [0.05, 0.1) is 18.3 Å². The zero-order valence-electron chi connectivity index (χ0n) is 13.5. The molecule has 0 atom stereocenters. The lowest BCUT2D eigenvalue weighted by atomic mass is 10.3. The number of likely N-dealkylation sites (tertiary alicyclic amines) is 1. The van der Waals surface area contributed by atoms with Crippen LogP contribution in [0.5, 0.6) is 0 Å². The van der Waals surface area contributed by atoms with Crippen LogP contribution in [0.4, 0.5) is 11.5 Å². The van der Waals surface area contributed by atoms with Gasteiger partial charge < -0.3 is 19.8 Å². The first-order chi connectivity index (χ1) is 10.6. The number of aliphatic carboxylic acids is 1. The van der Waals surface area contributed by atoms with E-state index in [1.165, 1.54) is 12.8 Å². The first kappa shape index (κ1) is 16.5. The van der Waals surface area contributed by atoms with Gasteiger partial charge in [-0.2, -0.15) is 0 Å². The first-order valence-electron chi connectivity index (χ1n) is 7.89. The molecular weight excluding hydrogens is 280 g/mol. The van der Waals surface area contributed by atoms with Crippen LogP contribution < -0.4 is 9.80 Å². The van der Waals surface area contributed by atoms with Crippen molar-refractivity contribution in [3.8, 4) is 0 Å². The Morgan fingerprint density at radius 1 is 1.27 bits per heavy atom. The first-order valence-corrected chi connectivity index (χ1v) is 7.89. The summed E-state index contributed by atoms with van der Waals surface area (Å²) in [5.74, 6) is 0.144. The van der Waals surface area contributed by atoms with Crippen molar-refractivity contribution in [3.05, 3.63) is 18.3 Å². The van der Waals surface area contributed by atoms with E-state index in [4.69, 9.17) is 5.11 Å². The van der Waals surface area contributed by atoms with Crippen molar-refractivity contribution < 1.29 is 9.90 Å². The Hall–Kier alpha value is -1.82. The van der Waals surface area contributed by atoms with E-state index in [-0.39, 0.29) is 6.42 Å². The monoisotopic (exact) mass is 306 g/mol. The Balaban J connectivity index is 1.99. The Morgan fingerprint density at radius 2 is 2.00 bits per heavy atom. The normalized spacial score (nSPS) is 15.0. The number of carbonyl (C=O) groups is 1. The molecule has 2 heterocycles. The molecule has 1 aromatic heterocycles. The van der Waals surface area contributed by atoms with Crippen LogP contribution in [0.2, 0.25) is 0 Å². The maximum Gasteiger partial charge on any atom is 0.305 e. The number of aromatic nitrogens is 1. The van der Waals surface area contributed by atoms with Crippen LogP contribution in [0.25, 0.3) is 0 Å². The van der Waals surface area contributed by atoms with Crippen molar-refractivity contribution in [3.63, 3.8) is 0 Å². The fraction of sp³-hybridized carbons (Fsp3) is 0.625. The molecular formula is C16H26N4O2. The number of rotatable bonds is 8. The number of carboxylic acid groups (broad SMARTS) is 1. The fourth-order valence-corrected chi connectivity index (χ4v) is 2.70. The molecule has 122 valence electrons. The quantitative estimate of drug-likeness (QED) is 0.786. The predicted octanol–water partition coefficient (Wildman–Crippen LogP) is 1.52. The third-order valence-electron chi connectivity index (χ3n) is 4.04. The van der Waals surface area contributed by atoms with Gasteiger partial charge in [-0.1, -0.05) is 0 Å². The molecule has 22 heavy (non-hydrogen) atoms. The summed E-state index contributed by atoms with van der Waals surface area (Å²) < 4.78 is 0. The molecule has 0 aliphatic carbocycles. The van der Waals surface area contributed by atoms with Crippen molar-refractivity contribution in [1.82, 2.24) is 9.88 Å². The van der Waals surface area contributed by atoms with Gasteiger partial charge in [-0.15, -0.1) is 0 Å². The number of anilines is 2. The Kier molecular flexibility index (Phi) is 6.00.